The molecule has 1 heteroatoms. The van der Waals surface area contributed by atoms with Crippen molar-refractivity contribution in [1.82, 2.24) is 5.32 Å². The van der Waals surface area contributed by atoms with E-state index in [0.717, 1.165) is 13.1 Å². The Morgan fingerprint density at radius 2 is 1.89 bits per heavy atom. The molecule has 0 amide bonds. The van der Waals surface area contributed by atoms with Crippen LogP contribution >= 0.6 is 0 Å². The second-order valence-electron chi connectivity index (χ2n) is 5.59. The molecule has 1 nitrogen and oxygen atoms in total. The fourth-order valence-electron chi connectivity index (χ4n) is 2.93. The molecule has 0 saturated heterocycles. The van der Waals surface area contributed by atoms with E-state index in [1.807, 2.05) is 0 Å². The zero-order chi connectivity index (χ0) is 13.2. The number of aryl methyl sites for hydroxylation is 1. The summed E-state index contributed by atoms with van der Waals surface area (Å²) in [5, 5.41) is 3.61. The first kappa shape index (κ1) is 12.4. The highest BCUT2D eigenvalue weighted by molar-refractivity contribution is 5.40. The summed E-state index contributed by atoms with van der Waals surface area (Å²) >= 11 is 0. The van der Waals surface area contributed by atoms with E-state index in [2.05, 4.69) is 61.6 Å². The van der Waals surface area contributed by atoms with Crippen molar-refractivity contribution in [2.24, 2.45) is 0 Å². The van der Waals surface area contributed by atoms with Crippen molar-refractivity contribution in [3.05, 3.63) is 70.3 Å². The third-order valence-corrected chi connectivity index (χ3v) is 4.38. The van der Waals surface area contributed by atoms with Crippen LogP contribution in [-0.2, 0) is 13.0 Å². The van der Waals surface area contributed by atoms with E-state index in [1.54, 1.807) is 0 Å². The highest BCUT2D eigenvalue weighted by Gasteiger charge is 2.24. The molecule has 2 aromatic carbocycles. The maximum absolute atomic E-state index is 3.61. The average Bonchev–Trinajstić information content (AvgIpc) is 2.39. The molecule has 0 saturated carbocycles. The van der Waals surface area contributed by atoms with E-state index in [0.29, 0.717) is 5.92 Å². The van der Waals surface area contributed by atoms with Crippen molar-refractivity contribution in [2.75, 3.05) is 6.54 Å². The molecule has 3 rings (SSSR count). The van der Waals surface area contributed by atoms with Gasteiger partial charge in [-0.15, -0.1) is 0 Å². The molecule has 0 radical (unpaired) electrons. The molecule has 0 bridgehead atoms. The predicted molar refractivity (Wildman–Crippen MR) is 80.5 cm³/mol. The van der Waals surface area contributed by atoms with Crippen molar-refractivity contribution in [3.63, 3.8) is 0 Å². The molecule has 1 unspecified atom stereocenters. The normalized spacial score (nSPS) is 16.8. The van der Waals surface area contributed by atoms with Crippen molar-refractivity contribution in [2.45, 2.75) is 32.7 Å². The van der Waals surface area contributed by atoms with Gasteiger partial charge in [0.25, 0.3) is 0 Å². The van der Waals surface area contributed by atoms with Gasteiger partial charge in [-0.05, 0) is 48.1 Å². The van der Waals surface area contributed by atoms with Crippen LogP contribution in [0.4, 0.5) is 0 Å². The van der Waals surface area contributed by atoms with Gasteiger partial charge in [-0.2, -0.15) is 0 Å². The van der Waals surface area contributed by atoms with Crippen molar-refractivity contribution in [1.29, 1.82) is 0 Å². The fourth-order valence-corrected chi connectivity index (χ4v) is 2.93. The molecule has 0 heterocycles. The van der Waals surface area contributed by atoms with Crippen LogP contribution in [0.2, 0.25) is 0 Å². The van der Waals surface area contributed by atoms with Gasteiger partial charge in [0, 0.05) is 19.0 Å². The molecule has 0 aromatic heterocycles. The number of fused-ring (bicyclic) bond motifs is 1. The SMILES string of the molecule is Cc1cccc(CNCC2Cc3ccccc32)c1C. The Hall–Kier alpha value is -1.60. The lowest BCUT2D eigenvalue weighted by molar-refractivity contribution is 0.535. The minimum absolute atomic E-state index is 0.710. The van der Waals surface area contributed by atoms with Crippen molar-refractivity contribution < 1.29 is 0 Å². The summed E-state index contributed by atoms with van der Waals surface area (Å²) in [6.07, 6.45) is 1.23. The van der Waals surface area contributed by atoms with E-state index < -0.39 is 0 Å². The molecule has 1 atom stereocenters. The molecular formula is C18H21N. The first-order valence-corrected chi connectivity index (χ1v) is 7.09. The van der Waals surface area contributed by atoms with Gasteiger partial charge in [0.15, 0.2) is 0 Å². The lowest BCUT2D eigenvalue weighted by Gasteiger charge is -2.30. The van der Waals surface area contributed by atoms with Crippen LogP contribution in [0.15, 0.2) is 42.5 Å². The van der Waals surface area contributed by atoms with E-state index >= 15 is 0 Å². The summed E-state index contributed by atoms with van der Waals surface area (Å²) in [4.78, 5) is 0. The summed E-state index contributed by atoms with van der Waals surface area (Å²) < 4.78 is 0. The largest absolute Gasteiger partial charge is 0.312 e. The summed E-state index contributed by atoms with van der Waals surface area (Å²) in [6.45, 7) is 6.46. The molecule has 98 valence electrons. The van der Waals surface area contributed by atoms with Gasteiger partial charge in [-0.25, -0.2) is 0 Å². The lowest BCUT2D eigenvalue weighted by Crippen LogP contribution is -2.29. The number of hydrogen-bond donors (Lipinski definition) is 1. The monoisotopic (exact) mass is 251 g/mol. The molecule has 0 spiro atoms. The molecule has 2 aromatic rings. The number of benzene rings is 2. The van der Waals surface area contributed by atoms with Gasteiger partial charge in [-0.3, -0.25) is 0 Å². The molecule has 1 N–H and O–H groups in total. The van der Waals surface area contributed by atoms with E-state index in [9.17, 15) is 0 Å². The molecule has 1 aliphatic rings. The summed E-state index contributed by atoms with van der Waals surface area (Å²) in [5.74, 6) is 0.710. The van der Waals surface area contributed by atoms with Gasteiger partial charge in [0.2, 0.25) is 0 Å². The molecular weight excluding hydrogens is 230 g/mol. The quantitative estimate of drug-likeness (QED) is 0.873. The van der Waals surface area contributed by atoms with E-state index in [1.165, 1.54) is 34.2 Å². The highest BCUT2D eigenvalue weighted by atomic mass is 14.9. The number of hydrogen-bond acceptors (Lipinski definition) is 1. The number of rotatable bonds is 4. The third kappa shape index (κ3) is 2.43. The van der Waals surface area contributed by atoms with Gasteiger partial charge in [0.1, 0.15) is 0 Å². The Kier molecular flexibility index (Phi) is 3.39. The first-order valence-electron chi connectivity index (χ1n) is 7.09. The maximum atomic E-state index is 3.61. The van der Waals surface area contributed by atoms with Gasteiger partial charge in [0.05, 0.1) is 0 Å². The minimum atomic E-state index is 0.710. The summed E-state index contributed by atoms with van der Waals surface area (Å²) in [6, 6.07) is 15.4. The topological polar surface area (TPSA) is 12.0 Å². The minimum Gasteiger partial charge on any atom is -0.312 e. The Labute approximate surface area is 115 Å². The van der Waals surface area contributed by atoms with Crippen LogP contribution in [0.1, 0.15) is 33.7 Å². The standard InChI is InChI=1S/C18H21N/c1-13-6-5-8-16(14(13)2)11-19-12-17-10-15-7-3-4-9-18(15)17/h3-9,17,19H,10-12H2,1-2H3. The van der Waals surface area contributed by atoms with Crippen LogP contribution in [0.5, 0.6) is 0 Å². The van der Waals surface area contributed by atoms with Crippen molar-refractivity contribution >= 4 is 0 Å². The van der Waals surface area contributed by atoms with Gasteiger partial charge >= 0.3 is 0 Å². The molecule has 19 heavy (non-hydrogen) atoms. The summed E-state index contributed by atoms with van der Waals surface area (Å²) in [7, 11) is 0. The molecule has 0 fully saturated rings. The Morgan fingerprint density at radius 3 is 2.74 bits per heavy atom. The zero-order valence-corrected chi connectivity index (χ0v) is 11.7. The fraction of sp³-hybridized carbons (Fsp3) is 0.333. The predicted octanol–water partition coefficient (Wildman–Crippen LogP) is 3.73. The van der Waals surface area contributed by atoms with Crippen LogP contribution in [0.25, 0.3) is 0 Å². The van der Waals surface area contributed by atoms with Crippen LogP contribution < -0.4 is 5.32 Å². The Morgan fingerprint density at radius 1 is 1.05 bits per heavy atom. The third-order valence-electron chi connectivity index (χ3n) is 4.38. The smallest absolute Gasteiger partial charge is 0.0208 e. The molecule has 0 aliphatic heterocycles. The van der Waals surface area contributed by atoms with Gasteiger partial charge in [-0.1, -0.05) is 42.5 Å². The van der Waals surface area contributed by atoms with Crippen LogP contribution in [0, 0.1) is 13.8 Å². The Balaban J connectivity index is 1.56. The van der Waals surface area contributed by atoms with Crippen LogP contribution in [-0.4, -0.2) is 6.54 Å². The van der Waals surface area contributed by atoms with E-state index in [4.69, 9.17) is 0 Å². The Bertz CT molecular complexity index is 586. The summed E-state index contributed by atoms with van der Waals surface area (Å²) in [5.41, 5.74) is 7.29. The number of nitrogens with one attached hydrogen (secondary N) is 1. The van der Waals surface area contributed by atoms with E-state index in [-0.39, 0.29) is 0 Å². The average molecular weight is 251 g/mol. The van der Waals surface area contributed by atoms with Crippen molar-refractivity contribution in [3.8, 4) is 0 Å². The second kappa shape index (κ2) is 5.18. The first-order chi connectivity index (χ1) is 9.25. The maximum Gasteiger partial charge on any atom is 0.0208 e. The lowest BCUT2D eigenvalue weighted by atomic mass is 9.77. The van der Waals surface area contributed by atoms with Crippen LogP contribution in [0.3, 0.4) is 0 Å². The second-order valence-corrected chi connectivity index (χ2v) is 5.59. The highest BCUT2D eigenvalue weighted by Crippen LogP contribution is 2.34. The zero-order valence-electron chi connectivity index (χ0n) is 11.7. The molecule has 1 aliphatic carbocycles. The van der Waals surface area contributed by atoms with Gasteiger partial charge < -0.3 is 5.32 Å².